The molecule has 4 rings (SSSR count). The van der Waals surface area contributed by atoms with Gasteiger partial charge in [-0.25, -0.2) is 0 Å². The van der Waals surface area contributed by atoms with Crippen LogP contribution in [-0.2, 0) is 58.4 Å². The van der Waals surface area contributed by atoms with Crippen LogP contribution in [0.15, 0.2) is 30.3 Å². The molecule has 224 valence electrons. The molecule has 0 amide bonds. The van der Waals surface area contributed by atoms with Crippen molar-refractivity contribution in [3.05, 3.63) is 125 Å². The van der Waals surface area contributed by atoms with E-state index in [4.69, 9.17) is 5.26 Å². The summed E-state index contributed by atoms with van der Waals surface area (Å²) >= 11 is 0. The molecule has 3 saturated carbocycles. The molecular weight excluding hydrogens is 762 g/mol. The summed E-state index contributed by atoms with van der Waals surface area (Å²) in [6, 6.07) is 11.2. The number of nitriles is 1. The van der Waals surface area contributed by atoms with Gasteiger partial charge in [0.05, 0.1) is 11.6 Å². The summed E-state index contributed by atoms with van der Waals surface area (Å²) in [6.07, 6.45) is 0. The topological polar surface area (TPSA) is 23.8 Å². The minimum atomic E-state index is 0. The van der Waals surface area contributed by atoms with Crippen LogP contribution in [0.3, 0.4) is 0 Å². The van der Waals surface area contributed by atoms with Gasteiger partial charge in [0.25, 0.3) is 0 Å². The van der Waals surface area contributed by atoms with Crippen LogP contribution in [0.4, 0.5) is 0 Å². The molecule has 0 N–H and O–H groups in total. The van der Waals surface area contributed by atoms with Gasteiger partial charge >= 0.3 is 58.4 Å². The van der Waals surface area contributed by atoms with E-state index in [2.05, 4.69) is 104 Å². The second kappa shape index (κ2) is 21.3. The van der Waals surface area contributed by atoms with Crippen LogP contribution in [0.1, 0.15) is 109 Å². The largest absolute Gasteiger partial charge is 1.00 e. The predicted molar refractivity (Wildman–Crippen MR) is 165 cm³/mol. The van der Waals surface area contributed by atoms with E-state index in [0.717, 1.165) is 0 Å². The molecule has 0 aromatic heterocycles. The molecule has 18 radical (unpaired) electrons. The van der Waals surface area contributed by atoms with Crippen molar-refractivity contribution in [2.24, 2.45) is 0 Å². The normalized spacial score (nSPS) is 22.4. The van der Waals surface area contributed by atoms with Crippen molar-refractivity contribution < 1.29 is 58.4 Å². The Morgan fingerprint density at radius 3 is 0.561 bits per heavy atom. The van der Waals surface area contributed by atoms with Gasteiger partial charge in [0.2, 0.25) is 0 Å². The summed E-state index contributed by atoms with van der Waals surface area (Å²) < 4.78 is 0. The summed E-state index contributed by atoms with van der Waals surface area (Å²) in [7, 11) is 0. The van der Waals surface area contributed by atoms with E-state index in [1.165, 1.54) is 88.8 Å². The van der Waals surface area contributed by atoms with Crippen LogP contribution in [0.25, 0.3) is 0 Å². The second-order valence-electron chi connectivity index (χ2n) is 10.9. The van der Waals surface area contributed by atoms with Crippen LogP contribution >= 0.6 is 0 Å². The molecule has 0 unspecified atom stereocenters. The van der Waals surface area contributed by atoms with Crippen LogP contribution < -0.4 is 0 Å². The van der Waals surface area contributed by atoms with Gasteiger partial charge in [0.15, 0.2) is 0 Å². The number of hydrogen-bond donors (Lipinski definition) is 0. The van der Waals surface area contributed by atoms with Crippen LogP contribution in [0, 0.1) is 100 Å². The number of rotatable bonds is 0. The minimum absolute atomic E-state index is 0. The Kier molecular flexibility index (Phi) is 23.9. The zero-order valence-electron chi connectivity index (χ0n) is 27.9. The summed E-state index contributed by atoms with van der Waals surface area (Å²) in [6.45, 7) is 33.0. The first-order valence-electron chi connectivity index (χ1n) is 13.6. The monoisotopic (exact) mass is 814 g/mol. The summed E-state index contributed by atoms with van der Waals surface area (Å²) in [5, 5.41) is 8.29. The fraction of sp³-hybridized carbons (Fsp3) is 0.405. The molecule has 41 heavy (non-hydrogen) atoms. The molecule has 3 aliphatic carbocycles. The number of hydrogen-bond acceptors (Lipinski definition) is 1. The Hall–Kier alpha value is 0.580. The third kappa shape index (κ3) is 12.1. The van der Waals surface area contributed by atoms with Gasteiger partial charge in [-0.1, -0.05) is 122 Å². The molecule has 4 heteroatoms. The molecule has 3 aliphatic rings. The molecule has 1 nitrogen and oxygen atoms in total. The van der Waals surface area contributed by atoms with Crippen molar-refractivity contribution in [1.82, 2.24) is 0 Å². The molecule has 1 aromatic carbocycles. The standard InChI is InChI=1S/3C10H15.C7H5N.3Ru/c3*1-6-7(2)9(4)10(5)8(6)3;8-6-7-4-2-1-3-5-7;;;/h3*1-5H3;1-5H;;;/q;;;;3*+1. The zero-order valence-corrected chi connectivity index (χ0v) is 33.1. The Morgan fingerprint density at radius 1 is 0.317 bits per heavy atom. The summed E-state index contributed by atoms with van der Waals surface area (Å²) in [5.41, 5.74) is 0.715. The Labute approximate surface area is 296 Å². The van der Waals surface area contributed by atoms with Gasteiger partial charge in [-0.15, -0.1) is 0 Å². The van der Waals surface area contributed by atoms with Crippen molar-refractivity contribution in [2.75, 3.05) is 0 Å². The third-order valence-corrected chi connectivity index (χ3v) is 9.34. The fourth-order valence-electron chi connectivity index (χ4n) is 4.73. The van der Waals surface area contributed by atoms with E-state index in [1.54, 1.807) is 12.1 Å². The van der Waals surface area contributed by atoms with E-state index in [0.29, 0.717) is 5.56 Å². The summed E-state index contributed by atoms with van der Waals surface area (Å²) in [4.78, 5) is 0. The Bertz CT molecular complexity index is 633. The van der Waals surface area contributed by atoms with E-state index in [-0.39, 0.29) is 58.4 Å². The average Bonchev–Trinajstić information content (AvgIpc) is 3.29. The molecule has 0 atom stereocenters. The van der Waals surface area contributed by atoms with Gasteiger partial charge in [-0.3, -0.25) is 0 Å². The maximum Gasteiger partial charge on any atom is 1.00 e. The van der Waals surface area contributed by atoms with Crippen molar-refractivity contribution in [3.8, 4) is 6.07 Å². The zero-order chi connectivity index (χ0) is 29.5. The Balaban J connectivity index is -0.000000460. The molecule has 0 aliphatic heterocycles. The summed E-state index contributed by atoms with van der Waals surface area (Å²) in [5.74, 6) is 22.0. The van der Waals surface area contributed by atoms with Gasteiger partial charge in [0.1, 0.15) is 0 Å². The van der Waals surface area contributed by atoms with Gasteiger partial charge in [-0.2, -0.15) is 5.26 Å². The first-order chi connectivity index (χ1) is 17.6. The fourth-order valence-corrected chi connectivity index (χ4v) is 4.73. The predicted octanol–water partition coefficient (Wildman–Crippen LogP) is 10.5. The Morgan fingerprint density at radius 2 is 0.463 bits per heavy atom. The van der Waals surface area contributed by atoms with Crippen LogP contribution in [-0.4, -0.2) is 0 Å². The first kappa shape index (κ1) is 46.0. The second-order valence-corrected chi connectivity index (χ2v) is 10.9. The maximum atomic E-state index is 8.29. The number of nitrogens with zero attached hydrogens (tertiary/aromatic N) is 1. The average molecular weight is 812 g/mol. The van der Waals surface area contributed by atoms with Gasteiger partial charge < -0.3 is 0 Å². The molecule has 0 saturated heterocycles. The molecular formula is C37H50NRu3+3. The van der Waals surface area contributed by atoms with E-state index in [1.807, 2.05) is 24.3 Å². The van der Waals surface area contributed by atoms with Crippen molar-refractivity contribution in [3.63, 3.8) is 0 Å². The van der Waals surface area contributed by atoms with Crippen LogP contribution in [0.2, 0.25) is 0 Å². The smallest absolute Gasteiger partial charge is 0.192 e. The molecule has 0 heterocycles. The molecule has 3 fully saturated rings. The van der Waals surface area contributed by atoms with Crippen LogP contribution in [0.5, 0.6) is 0 Å². The van der Waals surface area contributed by atoms with Gasteiger partial charge in [0, 0.05) is 0 Å². The molecule has 0 spiro atoms. The molecule has 1 aromatic rings. The first-order valence-corrected chi connectivity index (χ1v) is 13.6. The maximum absolute atomic E-state index is 8.29. The van der Waals surface area contributed by atoms with Gasteiger partial charge in [-0.05, 0) is 101 Å². The SMILES string of the molecule is C[C]1[C](C)[C](C)[C](C)[C]1C.C[C]1[C](C)[C](C)[C](C)[C]1C.C[C]1[C](C)[C](C)[C](C)[C]1C.N#Cc1ccccc1.[Ru+].[Ru+].[Ru+]. The number of benzene rings is 1. The van der Waals surface area contributed by atoms with Crippen molar-refractivity contribution in [1.29, 1.82) is 5.26 Å². The quantitative estimate of drug-likeness (QED) is 0.240. The van der Waals surface area contributed by atoms with Crippen molar-refractivity contribution in [2.45, 2.75) is 104 Å². The third-order valence-electron chi connectivity index (χ3n) is 9.34. The molecule has 0 bridgehead atoms. The minimum Gasteiger partial charge on any atom is -0.192 e. The van der Waals surface area contributed by atoms with E-state index in [9.17, 15) is 0 Å². The van der Waals surface area contributed by atoms with E-state index < -0.39 is 0 Å². The van der Waals surface area contributed by atoms with Crippen molar-refractivity contribution >= 4 is 0 Å². The van der Waals surface area contributed by atoms with E-state index >= 15 is 0 Å².